The van der Waals surface area contributed by atoms with Crippen LogP contribution < -0.4 is 10.1 Å². The SMILES string of the molecule is CCN(C(=O)NCCOc1ccc(F)c(F)c1)C1CCS(=O)(=O)C1. The molecule has 1 aromatic carbocycles. The molecule has 0 aliphatic carbocycles. The molecule has 1 fully saturated rings. The molecule has 1 aromatic rings. The van der Waals surface area contributed by atoms with Crippen molar-refractivity contribution < 1.29 is 26.7 Å². The lowest BCUT2D eigenvalue weighted by Gasteiger charge is -2.27. The number of halogens is 2. The molecular formula is C15H20F2N2O4S. The molecule has 1 aliphatic rings. The maximum Gasteiger partial charge on any atom is 0.317 e. The highest BCUT2D eigenvalue weighted by Crippen LogP contribution is 2.18. The van der Waals surface area contributed by atoms with Gasteiger partial charge in [0.2, 0.25) is 0 Å². The summed E-state index contributed by atoms with van der Waals surface area (Å²) in [6.45, 7) is 2.42. The summed E-state index contributed by atoms with van der Waals surface area (Å²) in [6, 6.07) is 2.50. The van der Waals surface area contributed by atoms with Crippen molar-refractivity contribution in [2.24, 2.45) is 0 Å². The van der Waals surface area contributed by atoms with Gasteiger partial charge in [0.25, 0.3) is 0 Å². The normalized spacial score (nSPS) is 19.0. The van der Waals surface area contributed by atoms with E-state index in [2.05, 4.69) is 5.32 Å². The molecule has 1 unspecified atom stereocenters. The van der Waals surface area contributed by atoms with Gasteiger partial charge in [-0.15, -0.1) is 0 Å². The van der Waals surface area contributed by atoms with E-state index in [1.54, 1.807) is 6.92 Å². The average Bonchev–Trinajstić information content (AvgIpc) is 2.88. The Labute approximate surface area is 139 Å². The molecule has 0 saturated carbocycles. The number of carbonyl (C=O) groups is 1. The molecule has 134 valence electrons. The maximum absolute atomic E-state index is 13.0. The molecule has 9 heteroatoms. The van der Waals surface area contributed by atoms with Crippen LogP contribution in [-0.2, 0) is 9.84 Å². The topological polar surface area (TPSA) is 75.7 Å². The Balaban J connectivity index is 1.78. The molecule has 6 nitrogen and oxygen atoms in total. The van der Waals surface area contributed by atoms with Gasteiger partial charge in [-0.1, -0.05) is 0 Å². The van der Waals surface area contributed by atoms with E-state index in [0.29, 0.717) is 13.0 Å². The molecule has 1 atom stereocenters. The van der Waals surface area contributed by atoms with E-state index in [-0.39, 0.29) is 42.5 Å². The molecule has 24 heavy (non-hydrogen) atoms. The minimum absolute atomic E-state index is 0.0143. The first-order valence-electron chi connectivity index (χ1n) is 7.65. The Hall–Kier alpha value is -1.90. The molecule has 2 rings (SSSR count). The summed E-state index contributed by atoms with van der Waals surface area (Å²) in [5, 5.41) is 2.63. The number of hydrogen-bond donors (Lipinski definition) is 1. The number of rotatable bonds is 6. The zero-order valence-electron chi connectivity index (χ0n) is 13.3. The van der Waals surface area contributed by atoms with Crippen molar-refractivity contribution in [2.75, 3.05) is 31.2 Å². The second-order valence-corrected chi connectivity index (χ2v) is 7.73. The van der Waals surface area contributed by atoms with Crippen molar-refractivity contribution in [2.45, 2.75) is 19.4 Å². The van der Waals surface area contributed by atoms with Crippen LogP contribution in [0.25, 0.3) is 0 Å². The van der Waals surface area contributed by atoms with Gasteiger partial charge in [-0.3, -0.25) is 0 Å². The zero-order valence-corrected chi connectivity index (χ0v) is 14.1. The third-order valence-electron chi connectivity index (χ3n) is 3.79. The highest BCUT2D eigenvalue weighted by molar-refractivity contribution is 7.91. The fraction of sp³-hybridized carbons (Fsp3) is 0.533. The van der Waals surface area contributed by atoms with Gasteiger partial charge in [-0.25, -0.2) is 22.0 Å². The lowest BCUT2D eigenvalue weighted by Crippen LogP contribution is -2.47. The fourth-order valence-electron chi connectivity index (χ4n) is 2.58. The maximum atomic E-state index is 13.0. The van der Waals surface area contributed by atoms with E-state index in [1.165, 1.54) is 11.0 Å². The van der Waals surface area contributed by atoms with Crippen LogP contribution in [0.2, 0.25) is 0 Å². The molecule has 1 aliphatic heterocycles. The molecule has 0 bridgehead atoms. The molecule has 0 aromatic heterocycles. The Bertz CT molecular complexity index is 697. The van der Waals surface area contributed by atoms with E-state index in [4.69, 9.17) is 4.74 Å². The Morgan fingerprint density at radius 3 is 2.71 bits per heavy atom. The largest absolute Gasteiger partial charge is 0.492 e. The summed E-state index contributed by atoms with van der Waals surface area (Å²) in [7, 11) is -3.07. The van der Waals surface area contributed by atoms with Gasteiger partial charge in [0.05, 0.1) is 18.1 Å². The molecule has 0 spiro atoms. The van der Waals surface area contributed by atoms with E-state index in [9.17, 15) is 22.0 Å². The van der Waals surface area contributed by atoms with Gasteiger partial charge in [0.1, 0.15) is 12.4 Å². The van der Waals surface area contributed by atoms with Gasteiger partial charge in [0, 0.05) is 18.7 Å². The fourth-order valence-corrected chi connectivity index (χ4v) is 4.31. The van der Waals surface area contributed by atoms with E-state index in [1.807, 2.05) is 0 Å². The number of ether oxygens (including phenoxy) is 1. The van der Waals surface area contributed by atoms with E-state index in [0.717, 1.165) is 12.1 Å². The van der Waals surface area contributed by atoms with Gasteiger partial charge < -0.3 is 15.0 Å². The summed E-state index contributed by atoms with van der Waals surface area (Å²) in [4.78, 5) is 13.6. The van der Waals surface area contributed by atoms with Gasteiger partial charge in [-0.05, 0) is 25.5 Å². The number of hydrogen-bond acceptors (Lipinski definition) is 4. The smallest absolute Gasteiger partial charge is 0.317 e. The lowest BCUT2D eigenvalue weighted by atomic mass is 10.2. The molecule has 2 amide bonds. The number of nitrogens with one attached hydrogen (secondary N) is 1. The van der Waals surface area contributed by atoms with Crippen LogP contribution in [0.5, 0.6) is 5.75 Å². The van der Waals surface area contributed by atoms with Crippen molar-refractivity contribution >= 4 is 15.9 Å². The zero-order chi connectivity index (χ0) is 17.7. The van der Waals surface area contributed by atoms with Crippen LogP contribution in [0.4, 0.5) is 13.6 Å². The highest BCUT2D eigenvalue weighted by atomic mass is 32.2. The third-order valence-corrected chi connectivity index (χ3v) is 5.54. The van der Waals surface area contributed by atoms with E-state index >= 15 is 0 Å². The standard InChI is InChI=1S/C15H20F2N2O4S/c1-2-19(11-5-8-24(21,22)10-11)15(20)18-6-7-23-12-3-4-13(16)14(17)9-12/h3-4,9,11H,2,5-8,10H2,1H3,(H,18,20). The quantitative estimate of drug-likeness (QED) is 0.780. The molecule has 0 radical (unpaired) electrons. The highest BCUT2D eigenvalue weighted by Gasteiger charge is 2.33. The minimum atomic E-state index is -3.07. The van der Waals surface area contributed by atoms with Crippen molar-refractivity contribution in [3.63, 3.8) is 0 Å². The number of amides is 2. The molecule has 1 heterocycles. The molecule has 1 saturated heterocycles. The van der Waals surface area contributed by atoms with Crippen molar-refractivity contribution in [3.05, 3.63) is 29.8 Å². The monoisotopic (exact) mass is 362 g/mol. The third kappa shape index (κ3) is 4.80. The number of benzene rings is 1. The predicted octanol–water partition coefficient (Wildman–Crippen LogP) is 1.56. The van der Waals surface area contributed by atoms with Crippen LogP contribution in [0, 0.1) is 11.6 Å². The Morgan fingerprint density at radius 2 is 2.12 bits per heavy atom. The van der Waals surface area contributed by atoms with Crippen molar-refractivity contribution in [1.29, 1.82) is 0 Å². The minimum Gasteiger partial charge on any atom is -0.492 e. The number of sulfone groups is 1. The van der Waals surface area contributed by atoms with Crippen molar-refractivity contribution in [1.82, 2.24) is 10.2 Å². The van der Waals surface area contributed by atoms with Crippen LogP contribution >= 0.6 is 0 Å². The first-order chi connectivity index (χ1) is 11.3. The van der Waals surface area contributed by atoms with E-state index < -0.39 is 21.5 Å². The first-order valence-corrected chi connectivity index (χ1v) is 9.47. The lowest BCUT2D eigenvalue weighted by molar-refractivity contribution is 0.181. The van der Waals surface area contributed by atoms with Gasteiger partial charge in [-0.2, -0.15) is 0 Å². The summed E-state index contributed by atoms with van der Waals surface area (Å²) < 4.78 is 54.1. The van der Waals surface area contributed by atoms with Crippen LogP contribution in [-0.4, -0.2) is 56.6 Å². The number of nitrogens with zero attached hydrogens (tertiary/aromatic N) is 1. The first kappa shape index (κ1) is 18.4. The van der Waals surface area contributed by atoms with Gasteiger partial charge in [0.15, 0.2) is 21.5 Å². The Kier molecular flexibility index (Phi) is 5.98. The predicted molar refractivity (Wildman–Crippen MR) is 84.7 cm³/mol. The second-order valence-electron chi connectivity index (χ2n) is 5.50. The van der Waals surface area contributed by atoms with Crippen LogP contribution in [0.15, 0.2) is 18.2 Å². The molecule has 1 N–H and O–H groups in total. The van der Waals surface area contributed by atoms with Crippen LogP contribution in [0.3, 0.4) is 0 Å². The Morgan fingerprint density at radius 1 is 1.38 bits per heavy atom. The number of urea groups is 1. The molecular weight excluding hydrogens is 342 g/mol. The summed E-state index contributed by atoms with van der Waals surface area (Å²) >= 11 is 0. The average molecular weight is 362 g/mol. The summed E-state index contributed by atoms with van der Waals surface area (Å²) in [5.41, 5.74) is 0. The number of carbonyl (C=O) groups excluding carboxylic acids is 1. The summed E-state index contributed by atoms with van der Waals surface area (Å²) in [6.07, 6.45) is 0.439. The second kappa shape index (κ2) is 7.78. The van der Waals surface area contributed by atoms with Crippen LogP contribution in [0.1, 0.15) is 13.3 Å². The summed E-state index contributed by atoms with van der Waals surface area (Å²) in [5.74, 6) is -1.71. The van der Waals surface area contributed by atoms with Gasteiger partial charge >= 0.3 is 6.03 Å². The van der Waals surface area contributed by atoms with Crippen molar-refractivity contribution in [3.8, 4) is 5.75 Å².